The number of aliphatic hydroxyl groups excluding tert-OH is 1. The summed E-state index contributed by atoms with van der Waals surface area (Å²) in [6, 6.07) is 0. The summed E-state index contributed by atoms with van der Waals surface area (Å²) >= 11 is 0. The predicted molar refractivity (Wildman–Crippen MR) is 54.5 cm³/mol. The molecule has 1 N–H and O–H groups in total. The average molecular weight is 182 g/mol. The highest BCUT2D eigenvalue weighted by Crippen LogP contribution is 2.49. The van der Waals surface area contributed by atoms with E-state index in [1.807, 2.05) is 0 Å². The Morgan fingerprint density at radius 3 is 2.38 bits per heavy atom. The van der Waals surface area contributed by atoms with Gasteiger partial charge in [-0.2, -0.15) is 0 Å². The third-order valence-electron chi connectivity index (χ3n) is 3.94. The van der Waals surface area contributed by atoms with Crippen LogP contribution in [-0.4, -0.2) is 11.2 Å². The first-order valence-electron chi connectivity index (χ1n) is 5.75. The lowest BCUT2D eigenvalue weighted by atomic mass is 9.62. The SMILES string of the molecule is CC1(C)CC(C[C@@H]2CCC[C@H]2O)C1. The molecule has 13 heavy (non-hydrogen) atoms. The Bertz CT molecular complexity index is 178. The van der Waals surface area contributed by atoms with Crippen LogP contribution in [0.4, 0.5) is 0 Å². The molecule has 2 aliphatic rings. The van der Waals surface area contributed by atoms with Crippen molar-refractivity contribution in [2.75, 3.05) is 0 Å². The highest BCUT2D eigenvalue weighted by molar-refractivity contribution is 4.90. The fraction of sp³-hybridized carbons (Fsp3) is 1.00. The molecule has 2 rings (SSSR count). The van der Waals surface area contributed by atoms with Crippen LogP contribution in [0.5, 0.6) is 0 Å². The lowest BCUT2D eigenvalue weighted by Gasteiger charge is -2.44. The Labute approximate surface area is 81.5 Å². The van der Waals surface area contributed by atoms with Crippen molar-refractivity contribution in [2.45, 2.75) is 58.5 Å². The summed E-state index contributed by atoms with van der Waals surface area (Å²) < 4.78 is 0. The van der Waals surface area contributed by atoms with Crippen molar-refractivity contribution >= 4 is 0 Å². The van der Waals surface area contributed by atoms with Crippen LogP contribution in [0.25, 0.3) is 0 Å². The van der Waals surface area contributed by atoms with Crippen molar-refractivity contribution in [3.05, 3.63) is 0 Å². The van der Waals surface area contributed by atoms with E-state index in [0.717, 1.165) is 12.3 Å². The second-order valence-electron chi connectivity index (χ2n) is 5.93. The minimum Gasteiger partial charge on any atom is -0.393 e. The molecule has 0 radical (unpaired) electrons. The summed E-state index contributed by atoms with van der Waals surface area (Å²) in [5.74, 6) is 1.56. The number of hydrogen-bond acceptors (Lipinski definition) is 1. The second-order valence-corrected chi connectivity index (χ2v) is 5.93. The molecule has 1 nitrogen and oxygen atoms in total. The van der Waals surface area contributed by atoms with E-state index < -0.39 is 0 Å². The van der Waals surface area contributed by atoms with E-state index in [1.165, 1.54) is 32.1 Å². The second kappa shape index (κ2) is 3.27. The van der Waals surface area contributed by atoms with Gasteiger partial charge in [-0.15, -0.1) is 0 Å². The lowest BCUT2D eigenvalue weighted by Crippen LogP contribution is -2.33. The molecule has 76 valence electrons. The van der Waals surface area contributed by atoms with Crippen LogP contribution in [-0.2, 0) is 0 Å². The van der Waals surface area contributed by atoms with Gasteiger partial charge in [0.05, 0.1) is 6.10 Å². The van der Waals surface area contributed by atoms with Gasteiger partial charge < -0.3 is 5.11 Å². The third-order valence-corrected chi connectivity index (χ3v) is 3.94. The first-order valence-corrected chi connectivity index (χ1v) is 5.75. The van der Waals surface area contributed by atoms with Gasteiger partial charge in [-0.1, -0.05) is 20.3 Å². The number of rotatable bonds is 2. The molecule has 0 bridgehead atoms. The molecule has 2 saturated carbocycles. The quantitative estimate of drug-likeness (QED) is 0.696. The molecule has 0 amide bonds. The highest BCUT2D eigenvalue weighted by atomic mass is 16.3. The summed E-state index contributed by atoms with van der Waals surface area (Å²) in [6.45, 7) is 4.71. The maximum atomic E-state index is 9.69. The van der Waals surface area contributed by atoms with Crippen LogP contribution in [0.2, 0.25) is 0 Å². The zero-order chi connectivity index (χ0) is 9.47. The van der Waals surface area contributed by atoms with Gasteiger partial charge in [0.1, 0.15) is 0 Å². The van der Waals surface area contributed by atoms with Crippen LogP contribution in [0.3, 0.4) is 0 Å². The molecule has 0 saturated heterocycles. The van der Waals surface area contributed by atoms with Crippen molar-refractivity contribution in [3.63, 3.8) is 0 Å². The molecular formula is C12H22O. The van der Waals surface area contributed by atoms with Crippen molar-refractivity contribution in [2.24, 2.45) is 17.3 Å². The molecule has 0 unspecified atom stereocenters. The monoisotopic (exact) mass is 182 g/mol. The van der Waals surface area contributed by atoms with E-state index in [4.69, 9.17) is 0 Å². The average Bonchev–Trinajstić information content (AvgIpc) is 2.33. The molecule has 0 aliphatic heterocycles. The third kappa shape index (κ3) is 2.07. The van der Waals surface area contributed by atoms with Gasteiger partial charge in [0, 0.05) is 0 Å². The number of hydrogen-bond donors (Lipinski definition) is 1. The van der Waals surface area contributed by atoms with E-state index in [2.05, 4.69) is 13.8 Å². The first kappa shape index (κ1) is 9.51. The summed E-state index contributed by atoms with van der Waals surface area (Å²) in [5, 5.41) is 9.69. The first-order chi connectivity index (χ1) is 6.07. The minimum atomic E-state index is 0.0312. The summed E-state index contributed by atoms with van der Waals surface area (Å²) in [6.07, 6.45) is 7.68. The van der Waals surface area contributed by atoms with E-state index in [0.29, 0.717) is 11.3 Å². The minimum absolute atomic E-state index is 0.0312. The van der Waals surface area contributed by atoms with Crippen molar-refractivity contribution < 1.29 is 5.11 Å². The van der Waals surface area contributed by atoms with Gasteiger partial charge in [-0.25, -0.2) is 0 Å². The van der Waals surface area contributed by atoms with E-state index in [9.17, 15) is 5.11 Å². The largest absolute Gasteiger partial charge is 0.393 e. The molecule has 0 spiro atoms. The predicted octanol–water partition coefficient (Wildman–Crippen LogP) is 2.97. The molecule has 0 aromatic carbocycles. The molecule has 0 aromatic heterocycles. The Hall–Kier alpha value is -0.0400. The van der Waals surface area contributed by atoms with Gasteiger partial charge in [0.25, 0.3) is 0 Å². The fourth-order valence-corrected chi connectivity index (χ4v) is 3.39. The topological polar surface area (TPSA) is 20.2 Å². The van der Waals surface area contributed by atoms with Crippen molar-refractivity contribution in [3.8, 4) is 0 Å². The summed E-state index contributed by atoms with van der Waals surface area (Å²) in [5.41, 5.74) is 0.605. The van der Waals surface area contributed by atoms with Gasteiger partial charge in [0.2, 0.25) is 0 Å². The van der Waals surface area contributed by atoms with Gasteiger partial charge in [0.15, 0.2) is 0 Å². The molecule has 0 aromatic rings. The van der Waals surface area contributed by atoms with Crippen LogP contribution in [0.1, 0.15) is 52.4 Å². The Morgan fingerprint density at radius 2 is 1.92 bits per heavy atom. The van der Waals surface area contributed by atoms with Crippen molar-refractivity contribution in [1.82, 2.24) is 0 Å². The smallest absolute Gasteiger partial charge is 0.0568 e. The zero-order valence-electron chi connectivity index (χ0n) is 8.92. The molecule has 2 aliphatic carbocycles. The lowest BCUT2D eigenvalue weighted by molar-refractivity contribution is 0.0472. The Morgan fingerprint density at radius 1 is 1.23 bits per heavy atom. The maximum Gasteiger partial charge on any atom is 0.0568 e. The van der Waals surface area contributed by atoms with Crippen LogP contribution >= 0.6 is 0 Å². The van der Waals surface area contributed by atoms with E-state index in [-0.39, 0.29) is 6.10 Å². The van der Waals surface area contributed by atoms with E-state index >= 15 is 0 Å². The van der Waals surface area contributed by atoms with Gasteiger partial charge in [-0.3, -0.25) is 0 Å². The van der Waals surface area contributed by atoms with Crippen LogP contribution in [0.15, 0.2) is 0 Å². The standard InChI is InChI=1S/C12H22O/c1-12(2)7-9(8-12)6-10-4-3-5-11(10)13/h9-11,13H,3-8H2,1-2H3/t10-,11+/m0/s1. The molecule has 2 fully saturated rings. The summed E-state index contributed by atoms with van der Waals surface area (Å²) in [4.78, 5) is 0. The van der Waals surface area contributed by atoms with E-state index in [1.54, 1.807) is 0 Å². The fourth-order valence-electron chi connectivity index (χ4n) is 3.39. The zero-order valence-corrected chi connectivity index (χ0v) is 8.92. The molecular weight excluding hydrogens is 160 g/mol. The normalized spacial score (nSPS) is 39.0. The van der Waals surface area contributed by atoms with Crippen LogP contribution < -0.4 is 0 Å². The Balaban J connectivity index is 1.74. The molecule has 0 heterocycles. The molecule has 1 heteroatoms. The summed E-state index contributed by atoms with van der Waals surface area (Å²) in [7, 11) is 0. The van der Waals surface area contributed by atoms with Crippen molar-refractivity contribution in [1.29, 1.82) is 0 Å². The van der Waals surface area contributed by atoms with Crippen LogP contribution in [0, 0.1) is 17.3 Å². The number of aliphatic hydroxyl groups is 1. The highest BCUT2D eigenvalue weighted by Gasteiger charge is 2.38. The maximum absolute atomic E-state index is 9.69. The van der Waals surface area contributed by atoms with Gasteiger partial charge in [-0.05, 0) is 49.4 Å². The Kier molecular flexibility index (Phi) is 2.39. The molecule has 2 atom stereocenters. The van der Waals surface area contributed by atoms with Gasteiger partial charge >= 0.3 is 0 Å².